The van der Waals surface area contributed by atoms with Gasteiger partial charge in [-0.3, -0.25) is 4.68 Å². The molecule has 1 heterocycles. The van der Waals surface area contributed by atoms with E-state index in [0.29, 0.717) is 6.04 Å². The molecule has 0 saturated heterocycles. The van der Waals surface area contributed by atoms with Gasteiger partial charge in [0.25, 0.3) is 0 Å². The van der Waals surface area contributed by atoms with Gasteiger partial charge < -0.3 is 10.2 Å². The second kappa shape index (κ2) is 2.23. The molecular formula is C7H8N2O3. The van der Waals surface area contributed by atoms with E-state index in [9.17, 15) is 4.79 Å². The molecule has 5 heteroatoms. The van der Waals surface area contributed by atoms with Crippen molar-refractivity contribution in [1.82, 2.24) is 9.78 Å². The van der Waals surface area contributed by atoms with Crippen molar-refractivity contribution in [2.45, 2.75) is 18.9 Å². The molecule has 2 rings (SSSR count). The van der Waals surface area contributed by atoms with E-state index in [1.54, 1.807) is 0 Å². The summed E-state index contributed by atoms with van der Waals surface area (Å²) in [5.74, 6) is -1.44. The Morgan fingerprint density at radius 1 is 1.67 bits per heavy atom. The zero-order chi connectivity index (χ0) is 8.72. The fraction of sp³-hybridized carbons (Fsp3) is 0.429. The van der Waals surface area contributed by atoms with Gasteiger partial charge in [-0.15, -0.1) is 0 Å². The Labute approximate surface area is 68.2 Å². The molecule has 1 aliphatic rings. The van der Waals surface area contributed by atoms with Crippen LogP contribution in [0.3, 0.4) is 0 Å². The standard InChI is InChI=1S/C7H8N2O3/c10-5-3-9(4-1-2-4)8-6(5)7(11)12/h3-4,10H,1-2H2,(H,11,12). The first-order valence-corrected chi connectivity index (χ1v) is 3.70. The minimum absolute atomic E-state index is 0.255. The monoisotopic (exact) mass is 168 g/mol. The van der Waals surface area contributed by atoms with Crippen LogP contribution in [0.25, 0.3) is 0 Å². The van der Waals surface area contributed by atoms with E-state index in [1.165, 1.54) is 10.9 Å². The highest BCUT2D eigenvalue weighted by atomic mass is 16.4. The number of hydrogen-bond donors (Lipinski definition) is 2. The normalized spacial score (nSPS) is 16.3. The van der Waals surface area contributed by atoms with Crippen LogP contribution in [-0.2, 0) is 0 Å². The maximum Gasteiger partial charge on any atom is 0.360 e. The molecule has 0 amide bonds. The summed E-state index contributed by atoms with van der Waals surface area (Å²) in [4.78, 5) is 10.4. The molecule has 1 aromatic heterocycles. The number of hydrogen-bond acceptors (Lipinski definition) is 3. The van der Waals surface area contributed by atoms with E-state index in [2.05, 4.69) is 5.10 Å². The highest BCUT2D eigenvalue weighted by Crippen LogP contribution is 2.35. The van der Waals surface area contributed by atoms with Crippen LogP contribution in [0.5, 0.6) is 5.75 Å². The lowest BCUT2D eigenvalue weighted by Gasteiger charge is -1.91. The van der Waals surface area contributed by atoms with Crippen LogP contribution in [0.2, 0.25) is 0 Å². The molecule has 1 fully saturated rings. The average molecular weight is 168 g/mol. The lowest BCUT2D eigenvalue weighted by atomic mass is 10.4. The van der Waals surface area contributed by atoms with Crippen molar-refractivity contribution in [2.24, 2.45) is 0 Å². The summed E-state index contributed by atoms with van der Waals surface area (Å²) in [6, 6.07) is 0.295. The molecule has 0 spiro atoms. The summed E-state index contributed by atoms with van der Waals surface area (Å²) in [6.07, 6.45) is 3.39. The molecule has 0 bridgehead atoms. The topological polar surface area (TPSA) is 75.3 Å². The van der Waals surface area contributed by atoms with Crippen LogP contribution in [0.15, 0.2) is 6.20 Å². The molecule has 0 atom stereocenters. The third-order valence-corrected chi connectivity index (χ3v) is 1.84. The first-order valence-electron chi connectivity index (χ1n) is 3.70. The van der Waals surface area contributed by atoms with E-state index in [0.717, 1.165) is 12.8 Å². The van der Waals surface area contributed by atoms with Crippen LogP contribution in [-0.4, -0.2) is 26.0 Å². The minimum Gasteiger partial charge on any atom is -0.504 e. The van der Waals surface area contributed by atoms with Gasteiger partial charge >= 0.3 is 5.97 Å². The minimum atomic E-state index is -1.19. The van der Waals surface area contributed by atoms with Crippen LogP contribution in [0.1, 0.15) is 29.4 Å². The fourth-order valence-electron chi connectivity index (χ4n) is 1.06. The van der Waals surface area contributed by atoms with Crippen molar-refractivity contribution in [3.63, 3.8) is 0 Å². The number of nitrogens with zero attached hydrogens (tertiary/aromatic N) is 2. The van der Waals surface area contributed by atoms with Gasteiger partial charge in [-0.2, -0.15) is 5.10 Å². The number of carboxylic acid groups (broad SMARTS) is 1. The van der Waals surface area contributed by atoms with Crippen molar-refractivity contribution < 1.29 is 15.0 Å². The summed E-state index contributed by atoms with van der Waals surface area (Å²) in [6.45, 7) is 0. The van der Waals surface area contributed by atoms with Gasteiger partial charge in [-0.1, -0.05) is 0 Å². The number of aromatic carboxylic acids is 1. The second-order valence-electron chi connectivity index (χ2n) is 2.88. The molecule has 1 saturated carbocycles. The summed E-state index contributed by atoms with van der Waals surface area (Å²) in [5, 5.41) is 21.4. The zero-order valence-electron chi connectivity index (χ0n) is 6.27. The molecule has 2 N–H and O–H groups in total. The molecule has 1 aromatic rings. The van der Waals surface area contributed by atoms with Gasteiger partial charge in [-0.05, 0) is 12.8 Å². The first kappa shape index (κ1) is 7.15. The van der Waals surface area contributed by atoms with Crippen LogP contribution < -0.4 is 0 Å². The average Bonchev–Trinajstić information content (AvgIpc) is 2.75. The predicted octanol–water partition coefficient (Wildman–Crippen LogP) is 0.622. The molecule has 12 heavy (non-hydrogen) atoms. The van der Waals surface area contributed by atoms with E-state index in [1.807, 2.05) is 0 Å². The van der Waals surface area contributed by atoms with Gasteiger partial charge in [0.15, 0.2) is 5.75 Å². The number of aromatic nitrogens is 2. The molecule has 5 nitrogen and oxygen atoms in total. The Kier molecular flexibility index (Phi) is 1.33. The summed E-state index contributed by atoms with van der Waals surface area (Å²) in [5.41, 5.74) is -0.262. The summed E-state index contributed by atoms with van der Waals surface area (Å²) < 4.78 is 1.51. The van der Waals surface area contributed by atoms with Crippen LogP contribution in [0, 0.1) is 0 Å². The van der Waals surface area contributed by atoms with Crippen molar-refractivity contribution in [2.75, 3.05) is 0 Å². The Hall–Kier alpha value is -1.52. The van der Waals surface area contributed by atoms with Crippen molar-refractivity contribution in [1.29, 1.82) is 0 Å². The number of carboxylic acids is 1. The highest BCUT2D eigenvalue weighted by molar-refractivity contribution is 5.88. The molecule has 0 aromatic carbocycles. The third kappa shape index (κ3) is 1.03. The molecule has 64 valence electrons. The van der Waals surface area contributed by atoms with Crippen molar-refractivity contribution in [3.05, 3.63) is 11.9 Å². The lowest BCUT2D eigenvalue weighted by Crippen LogP contribution is -2.00. The largest absolute Gasteiger partial charge is 0.504 e. The Bertz CT molecular complexity index is 327. The van der Waals surface area contributed by atoms with E-state index in [-0.39, 0.29) is 11.4 Å². The van der Waals surface area contributed by atoms with Gasteiger partial charge in [-0.25, -0.2) is 4.79 Å². The highest BCUT2D eigenvalue weighted by Gasteiger charge is 2.27. The predicted molar refractivity (Wildman–Crippen MR) is 39.1 cm³/mol. The quantitative estimate of drug-likeness (QED) is 0.678. The third-order valence-electron chi connectivity index (χ3n) is 1.84. The second-order valence-corrected chi connectivity index (χ2v) is 2.88. The van der Waals surface area contributed by atoms with Crippen LogP contribution >= 0.6 is 0 Å². The summed E-state index contributed by atoms with van der Waals surface area (Å²) >= 11 is 0. The summed E-state index contributed by atoms with van der Waals surface area (Å²) in [7, 11) is 0. The maximum absolute atomic E-state index is 10.4. The Morgan fingerprint density at radius 2 is 2.33 bits per heavy atom. The number of aromatic hydroxyl groups is 1. The zero-order valence-corrected chi connectivity index (χ0v) is 6.27. The van der Waals surface area contributed by atoms with E-state index in [4.69, 9.17) is 10.2 Å². The SMILES string of the molecule is O=C(O)c1nn(C2CC2)cc1O. The van der Waals surface area contributed by atoms with Crippen molar-refractivity contribution in [3.8, 4) is 5.75 Å². The Balaban J connectivity index is 2.36. The molecule has 0 aliphatic heterocycles. The van der Waals surface area contributed by atoms with Gasteiger partial charge in [0, 0.05) is 0 Å². The molecule has 1 aliphatic carbocycles. The van der Waals surface area contributed by atoms with Crippen molar-refractivity contribution >= 4 is 5.97 Å². The van der Waals surface area contributed by atoms with Gasteiger partial charge in [0.05, 0.1) is 12.2 Å². The fourth-order valence-corrected chi connectivity index (χ4v) is 1.06. The van der Waals surface area contributed by atoms with Crippen LogP contribution in [0.4, 0.5) is 0 Å². The molecular weight excluding hydrogens is 160 g/mol. The molecule has 0 radical (unpaired) electrons. The van der Waals surface area contributed by atoms with Gasteiger partial charge in [0.2, 0.25) is 5.69 Å². The van der Waals surface area contributed by atoms with E-state index < -0.39 is 5.97 Å². The van der Waals surface area contributed by atoms with Gasteiger partial charge in [0.1, 0.15) is 0 Å². The smallest absolute Gasteiger partial charge is 0.360 e. The maximum atomic E-state index is 10.4. The lowest BCUT2D eigenvalue weighted by molar-refractivity contribution is 0.0686. The van der Waals surface area contributed by atoms with E-state index >= 15 is 0 Å². The number of carbonyl (C=O) groups is 1. The Morgan fingerprint density at radius 3 is 2.75 bits per heavy atom. The number of rotatable bonds is 2. The molecule has 0 unspecified atom stereocenters. The first-order chi connectivity index (χ1) is 5.68.